The van der Waals surface area contributed by atoms with Crippen LogP contribution >= 0.6 is 0 Å². The molecule has 0 aromatic carbocycles. The highest BCUT2D eigenvalue weighted by Gasteiger charge is 2.36. The zero-order valence-electron chi connectivity index (χ0n) is 9.73. The van der Waals surface area contributed by atoms with Gasteiger partial charge in [-0.2, -0.15) is 0 Å². The lowest BCUT2D eigenvalue weighted by Gasteiger charge is -2.43. The van der Waals surface area contributed by atoms with E-state index in [2.05, 4.69) is 47.0 Å². The minimum atomic E-state index is 0.536. The van der Waals surface area contributed by atoms with Crippen LogP contribution in [0.2, 0.25) is 5.04 Å². The van der Waals surface area contributed by atoms with Gasteiger partial charge in [-0.3, -0.25) is 0 Å². The Morgan fingerprint density at radius 1 is 1.00 bits per heavy atom. The van der Waals surface area contributed by atoms with Crippen LogP contribution in [-0.4, -0.2) is 23.3 Å². The lowest BCUT2D eigenvalue weighted by atomic mass is 9.79. The van der Waals surface area contributed by atoms with E-state index in [9.17, 15) is 0 Å². The van der Waals surface area contributed by atoms with Gasteiger partial charge in [0.1, 0.15) is 0 Å². The quantitative estimate of drug-likeness (QED) is 0.657. The number of rotatable bonds is 4. The fourth-order valence-electron chi connectivity index (χ4n) is 1.98. The molecule has 1 atom stereocenters. The van der Waals surface area contributed by atoms with Gasteiger partial charge in [0.15, 0.2) is 0 Å². The lowest BCUT2D eigenvalue weighted by molar-refractivity contribution is 0.249. The Morgan fingerprint density at radius 3 is 1.42 bits per heavy atom. The van der Waals surface area contributed by atoms with Crippen LogP contribution in [-0.2, 0) is 0 Å². The summed E-state index contributed by atoms with van der Waals surface area (Å²) >= 11 is 0. The van der Waals surface area contributed by atoms with E-state index >= 15 is 0 Å². The molecule has 0 aromatic rings. The maximum absolute atomic E-state index is 3.40. The van der Waals surface area contributed by atoms with Crippen molar-refractivity contribution in [2.75, 3.05) is 7.05 Å². The molecule has 1 nitrogen and oxygen atoms in total. The van der Waals surface area contributed by atoms with E-state index in [-0.39, 0.29) is 0 Å². The molecule has 0 heterocycles. The summed E-state index contributed by atoms with van der Waals surface area (Å²) in [5.74, 6) is 1.57. The van der Waals surface area contributed by atoms with Gasteiger partial charge in [-0.05, 0) is 30.8 Å². The summed E-state index contributed by atoms with van der Waals surface area (Å²) in [4.78, 5) is 0. The molecule has 0 aliphatic carbocycles. The van der Waals surface area contributed by atoms with Crippen molar-refractivity contribution in [3.05, 3.63) is 0 Å². The Labute approximate surface area is 80.7 Å². The predicted octanol–water partition coefficient (Wildman–Crippen LogP) is 1.43. The second-order valence-corrected chi connectivity index (χ2v) is 6.42. The van der Waals surface area contributed by atoms with Gasteiger partial charge < -0.3 is 5.32 Å². The molecule has 12 heavy (non-hydrogen) atoms. The number of hydrogen-bond donors (Lipinski definition) is 1. The summed E-state index contributed by atoms with van der Waals surface area (Å²) < 4.78 is 0. The monoisotopic (exact) mass is 187 g/mol. The average molecular weight is 187 g/mol. The first kappa shape index (κ1) is 12.2. The molecule has 0 aromatic heterocycles. The molecule has 0 radical (unpaired) electrons. The maximum atomic E-state index is 3.40. The molecule has 0 aliphatic rings. The van der Waals surface area contributed by atoms with Gasteiger partial charge >= 0.3 is 0 Å². The van der Waals surface area contributed by atoms with Gasteiger partial charge in [0.2, 0.25) is 0 Å². The minimum absolute atomic E-state index is 0.536. The average Bonchev–Trinajstić information content (AvgIpc) is 2.00. The van der Waals surface area contributed by atoms with Crippen molar-refractivity contribution in [2.24, 2.45) is 11.8 Å². The Bertz CT molecular complexity index is 124. The standard InChI is InChI=1S/C10H25NSi/c1-7(2)10(12,8(3)4)9(5)11-6/h7-9,11H,1-6,12H3. The molecule has 0 aliphatic heterocycles. The molecule has 0 fully saturated rings. The van der Waals surface area contributed by atoms with Crippen molar-refractivity contribution in [1.29, 1.82) is 0 Å². The molecule has 0 saturated carbocycles. The summed E-state index contributed by atoms with van der Waals surface area (Å²) in [5, 5.41) is 3.94. The SMILES string of the molecule is CNC(C)C([SiH3])(C(C)C)C(C)C. The van der Waals surface area contributed by atoms with Crippen molar-refractivity contribution >= 4 is 10.2 Å². The van der Waals surface area contributed by atoms with E-state index < -0.39 is 0 Å². The van der Waals surface area contributed by atoms with Crippen LogP contribution in [0.15, 0.2) is 0 Å². The first-order chi connectivity index (χ1) is 5.37. The van der Waals surface area contributed by atoms with Crippen LogP contribution in [0.25, 0.3) is 0 Å². The fourth-order valence-corrected chi connectivity index (χ4v) is 2.27. The van der Waals surface area contributed by atoms with Gasteiger partial charge in [0.25, 0.3) is 0 Å². The van der Waals surface area contributed by atoms with Gasteiger partial charge in [-0.25, -0.2) is 0 Å². The van der Waals surface area contributed by atoms with E-state index in [0.717, 1.165) is 11.8 Å². The third-order valence-corrected chi connectivity index (χ3v) is 7.03. The zero-order valence-corrected chi connectivity index (χ0v) is 11.7. The Hall–Kier alpha value is 0.177. The highest BCUT2D eigenvalue weighted by molar-refractivity contribution is 6.16. The second kappa shape index (κ2) is 4.42. The molecule has 0 rings (SSSR count). The van der Waals surface area contributed by atoms with Gasteiger partial charge in [0, 0.05) is 16.3 Å². The van der Waals surface area contributed by atoms with Crippen LogP contribution in [0.4, 0.5) is 0 Å². The van der Waals surface area contributed by atoms with E-state index in [4.69, 9.17) is 0 Å². The van der Waals surface area contributed by atoms with Crippen LogP contribution in [0, 0.1) is 11.8 Å². The van der Waals surface area contributed by atoms with E-state index in [1.165, 1.54) is 10.2 Å². The lowest BCUT2D eigenvalue weighted by Crippen LogP contribution is -2.43. The second-order valence-electron chi connectivity index (χ2n) is 4.69. The molecule has 2 heteroatoms. The smallest absolute Gasteiger partial charge is 0.0133 e. The molecule has 0 bridgehead atoms. The summed E-state index contributed by atoms with van der Waals surface area (Å²) in [5.41, 5.74) is 0. The van der Waals surface area contributed by atoms with Crippen molar-refractivity contribution in [2.45, 2.75) is 45.7 Å². The van der Waals surface area contributed by atoms with Crippen molar-refractivity contribution < 1.29 is 0 Å². The van der Waals surface area contributed by atoms with E-state index in [0.29, 0.717) is 11.1 Å². The highest BCUT2D eigenvalue weighted by Crippen LogP contribution is 2.42. The molecule has 1 N–H and O–H groups in total. The first-order valence-corrected chi connectivity index (χ1v) is 6.04. The highest BCUT2D eigenvalue weighted by atomic mass is 28.1. The van der Waals surface area contributed by atoms with Crippen molar-refractivity contribution in [3.63, 3.8) is 0 Å². The molecule has 0 spiro atoms. The van der Waals surface area contributed by atoms with Gasteiger partial charge in [0.05, 0.1) is 0 Å². The molecule has 1 unspecified atom stereocenters. The van der Waals surface area contributed by atoms with Gasteiger partial charge in [-0.15, -0.1) is 0 Å². The topological polar surface area (TPSA) is 12.0 Å². The molecule has 0 amide bonds. The Balaban J connectivity index is 4.61. The fraction of sp³-hybridized carbons (Fsp3) is 1.00. The Kier molecular flexibility index (Phi) is 4.49. The van der Waals surface area contributed by atoms with Crippen molar-refractivity contribution in [1.82, 2.24) is 5.32 Å². The van der Waals surface area contributed by atoms with Crippen LogP contribution in [0.1, 0.15) is 34.6 Å². The Morgan fingerprint density at radius 2 is 1.33 bits per heavy atom. The first-order valence-electron chi connectivity index (χ1n) is 5.04. The molecule has 0 saturated heterocycles. The summed E-state index contributed by atoms with van der Waals surface area (Å²) in [6.45, 7) is 11.7. The van der Waals surface area contributed by atoms with Gasteiger partial charge in [-0.1, -0.05) is 27.7 Å². The molecular weight excluding hydrogens is 162 g/mol. The molecular formula is C10H25NSi. The third kappa shape index (κ3) is 2.11. The molecule has 74 valence electrons. The van der Waals surface area contributed by atoms with Crippen LogP contribution in [0.5, 0.6) is 0 Å². The number of hydrogen-bond acceptors (Lipinski definition) is 1. The van der Waals surface area contributed by atoms with E-state index in [1.54, 1.807) is 0 Å². The normalized spacial score (nSPS) is 16.0. The summed E-state index contributed by atoms with van der Waals surface area (Å²) in [6.07, 6.45) is 0. The third-order valence-electron chi connectivity index (χ3n) is 3.85. The summed E-state index contributed by atoms with van der Waals surface area (Å²) in [7, 11) is 3.34. The van der Waals surface area contributed by atoms with Crippen LogP contribution in [0.3, 0.4) is 0 Å². The van der Waals surface area contributed by atoms with Crippen molar-refractivity contribution in [3.8, 4) is 0 Å². The van der Waals surface area contributed by atoms with E-state index in [1.807, 2.05) is 0 Å². The zero-order chi connectivity index (χ0) is 9.94. The predicted molar refractivity (Wildman–Crippen MR) is 60.8 cm³/mol. The minimum Gasteiger partial charge on any atom is -0.317 e. The largest absolute Gasteiger partial charge is 0.317 e. The summed E-state index contributed by atoms with van der Waals surface area (Å²) in [6, 6.07) is 0.643. The maximum Gasteiger partial charge on any atom is 0.0133 e. The van der Waals surface area contributed by atoms with Crippen LogP contribution < -0.4 is 5.32 Å². The number of nitrogens with one attached hydrogen (secondary N) is 1.